The summed E-state index contributed by atoms with van der Waals surface area (Å²) in [6.45, 7) is 5.63. The number of nitrogens with zero attached hydrogens (tertiary/aromatic N) is 2. The monoisotopic (exact) mass is 237 g/mol. The molecule has 0 aromatic carbocycles. The van der Waals surface area contributed by atoms with Gasteiger partial charge < -0.3 is 9.84 Å². The SMILES string of the molecule is CCc1cc(CNCc2scnc2C)on1. The highest BCUT2D eigenvalue weighted by Gasteiger charge is 2.04. The minimum absolute atomic E-state index is 0.713. The molecule has 0 fully saturated rings. The number of thiazole rings is 1. The minimum atomic E-state index is 0.713. The number of hydrogen-bond donors (Lipinski definition) is 1. The molecule has 0 atom stereocenters. The first-order chi connectivity index (χ1) is 7.79. The largest absolute Gasteiger partial charge is 0.360 e. The van der Waals surface area contributed by atoms with Gasteiger partial charge in [-0.2, -0.15) is 0 Å². The molecule has 16 heavy (non-hydrogen) atoms. The van der Waals surface area contributed by atoms with Gasteiger partial charge in [-0.15, -0.1) is 11.3 Å². The minimum Gasteiger partial charge on any atom is -0.360 e. The van der Waals surface area contributed by atoms with Crippen molar-refractivity contribution in [2.24, 2.45) is 0 Å². The number of nitrogens with one attached hydrogen (secondary N) is 1. The van der Waals surface area contributed by atoms with E-state index < -0.39 is 0 Å². The van der Waals surface area contributed by atoms with Crippen LogP contribution in [0.4, 0.5) is 0 Å². The zero-order chi connectivity index (χ0) is 11.4. The van der Waals surface area contributed by atoms with Gasteiger partial charge in [0.2, 0.25) is 0 Å². The molecule has 0 aliphatic carbocycles. The molecule has 0 aliphatic rings. The number of rotatable bonds is 5. The summed E-state index contributed by atoms with van der Waals surface area (Å²) in [7, 11) is 0. The first-order valence-corrected chi connectivity index (χ1v) is 6.21. The molecule has 0 radical (unpaired) electrons. The normalized spacial score (nSPS) is 10.9. The van der Waals surface area contributed by atoms with Crippen LogP contribution in [0.1, 0.15) is 28.9 Å². The van der Waals surface area contributed by atoms with Gasteiger partial charge in [0.1, 0.15) is 0 Å². The van der Waals surface area contributed by atoms with Crippen LogP contribution in [-0.4, -0.2) is 10.1 Å². The second kappa shape index (κ2) is 5.23. The maximum absolute atomic E-state index is 5.18. The van der Waals surface area contributed by atoms with E-state index in [9.17, 15) is 0 Å². The summed E-state index contributed by atoms with van der Waals surface area (Å²) < 4.78 is 5.18. The van der Waals surface area contributed by atoms with Crippen molar-refractivity contribution in [1.82, 2.24) is 15.5 Å². The van der Waals surface area contributed by atoms with Gasteiger partial charge in [-0.05, 0) is 13.3 Å². The van der Waals surface area contributed by atoms with E-state index in [2.05, 4.69) is 22.4 Å². The summed E-state index contributed by atoms with van der Waals surface area (Å²) in [6.07, 6.45) is 0.914. The Hall–Kier alpha value is -1.20. The highest BCUT2D eigenvalue weighted by Crippen LogP contribution is 2.11. The zero-order valence-electron chi connectivity index (χ0n) is 9.49. The van der Waals surface area contributed by atoms with Gasteiger partial charge in [-0.3, -0.25) is 0 Å². The Morgan fingerprint density at radius 3 is 2.94 bits per heavy atom. The maximum atomic E-state index is 5.18. The molecule has 0 saturated heterocycles. The van der Waals surface area contributed by atoms with E-state index in [-0.39, 0.29) is 0 Å². The van der Waals surface area contributed by atoms with Gasteiger partial charge in [0.25, 0.3) is 0 Å². The smallest absolute Gasteiger partial charge is 0.150 e. The Balaban J connectivity index is 1.82. The standard InChI is InChI=1S/C11H15N3OS/c1-3-9-4-10(15-14-9)5-12-6-11-8(2)13-7-16-11/h4,7,12H,3,5-6H2,1-2H3. The summed E-state index contributed by atoms with van der Waals surface area (Å²) >= 11 is 1.67. The predicted octanol–water partition coefficient (Wildman–Crippen LogP) is 2.29. The Kier molecular flexibility index (Phi) is 3.69. The Bertz CT molecular complexity index is 450. The molecule has 2 aromatic rings. The molecule has 5 heteroatoms. The topological polar surface area (TPSA) is 51.0 Å². The van der Waals surface area contributed by atoms with E-state index in [0.717, 1.165) is 30.1 Å². The van der Waals surface area contributed by atoms with E-state index in [1.54, 1.807) is 11.3 Å². The highest BCUT2D eigenvalue weighted by molar-refractivity contribution is 7.09. The van der Waals surface area contributed by atoms with E-state index in [4.69, 9.17) is 4.52 Å². The Morgan fingerprint density at radius 1 is 1.44 bits per heavy atom. The summed E-state index contributed by atoms with van der Waals surface area (Å²) in [5.41, 5.74) is 3.98. The average Bonchev–Trinajstić information content (AvgIpc) is 2.89. The van der Waals surface area contributed by atoms with Crippen molar-refractivity contribution in [1.29, 1.82) is 0 Å². The van der Waals surface area contributed by atoms with E-state index >= 15 is 0 Å². The van der Waals surface area contributed by atoms with Crippen molar-refractivity contribution in [3.05, 3.63) is 33.6 Å². The molecular formula is C11H15N3OS. The van der Waals surface area contributed by atoms with E-state index in [0.29, 0.717) is 6.54 Å². The predicted molar refractivity (Wildman–Crippen MR) is 63.3 cm³/mol. The average molecular weight is 237 g/mol. The zero-order valence-corrected chi connectivity index (χ0v) is 10.3. The van der Waals surface area contributed by atoms with Crippen molar-refractivity contribution >= 4 is 11.3 Å². The fraction of sp³-hybridized carbons (Fsp3) is 0.455. The fourth-order valence-corrected chi connectivity index (χ4v) is 2.15. The van der Waals surface area contributed by atoms with Crippen LogP contribution in [0.5, 0.6) is 0 Å². The maximum Gasteiger partial charge on any atom is 0.150 e. The highest BCUT2D eigenvalue weighted by atomic mass is 32.1. The summed E-state index contributed by atoms with van der Waals surface area (Å²) in [6, 6.07) is 1.99. The van der Waals surface area contributed by atoms with Crippen LogP contribution < -0.4 is 5.32 Å². The first kappa shape index (κ1) is 11.3. The lowest BCUT2D eigenvalue weighted by Crippen LogP contribution is -2.11. The second-order valence-electron chi connectivity index (χ2n) is 3.60. The molecule has 2 heterocycles. The number of aryl methyl sites for hydroxylation is 2. The van der Waals surface area contributed by atoms with Crippen LogP contribution in [0.15, 0.2) is 16.1 Å². The Morgan fingerprint density at radius 2 is 2.31 bits per heavy atom. The molecule has 0 aliphatic heterocycles. The third kappa shape index (κ3) is 2.68. The lowest BCUT2D eigenvalue weighted by molar-refractivity contribution is 0.368. The van der Waals surface area contributed by atoms with Crippen molar-refractivity contribution in [3.8, 4) is 0 Å². The van der Waals surface area contributed by atoms with E-state index in [1.807, 2.05) is 18.5 Å². The van der Waals surface area contributed by atoms with Crippen LogP contribution >= 0.6 is 11.3 Å². The van der Waals surface area contributed by atoms with Crippen molar-refractivity contribution in [2.75, 3.05) is 0 Å². The summed E-state index contributed by atoms with van der Waals surface area (Å²) in [5, 5.41) is 7.26. The molecule has 0 amide bonds. The van der Waals surface area contributed by atoms with Crippen LogP contribution in [0.2, 0.25) is 0 Å². The quantitative estimate of drug-likeness (QED) is 0.867. The van der Waals surface area contributed by atoms with Crippen LogP contribution in [0.3, 0.4) is 0 Å². The molecule has 0 unspecified atom stereocenters. The molecule has 2 rings (SSSR count). The van der Waals surface area contributed by atoms with Gasteiger partial charge in [0.15, 0.2) is 5.76 Å². The van der Waals surface area contributed by atoms with Gasteiger partial charge in [0.05, 0.1) is 23.4 Å². The first-order valence-electron chi connectivity index (χ1n) is 5.33. The van der Waals surface area contributed by atoms with Gasteiger partial charge in [-0.1, -0.05) is 12.1 Å². The van der Waals surface area contributed by atoms with Crippen LogP contribution in [-0.2, 0) is 19.5 Å². The molecule has 86 valence electrons. The molecular weight excluding hydrogens is 222 g/mol. The second-order valence-corrected chi connectivity index (χ2v) is 4.54. The van der Waals surface area contributed by atoms with Gasteiger partial charge >= 0.3 is 0 Å². The lowest BCUT2D eigenvalue weighted by Gasteiger charge is -1.99. The van der Waals surface area contributed by atoms with E-state index in [1.165, 1.54) is 4.88 Å². The molecule has 0 spiro atoms. The molecule has 1 N–H and O–H groups in total. The van der Waals surface area contributed by atoms with Gasteiger partial charge in [-0.25, -0.2) is 4.98 Å². The number of hydrogen-bond acceptors (Lipinski definition) is 5. The van der Waals surface area contributed by atoms with Gasteiger partial charge in [0, 0.05) is 17.5 Å². The van der Waals surface area contributed by atoms with Crippen LogP contribution in [0, 0.1) is 6.92 Å². The van der Waals surface area contributed by atoms with Crippen molar-refractivity contribution < 1.29 is 4.52 Å². The lowest BCUT2D eigenvalue weighted by atomic mass is 10.3. The summed E-state index contributed by atoms with van der Waals surface area (Å²) in [5.74, 6) is 0.888. The molecule has 2 aromatic heterocycles. The Labute approximate surface area is 98.7 Å². The number of aromatic nitrogens is 2. The molecule has 0 bridgehead atoms. The third-order valence-electron chi connectivity index (χ3n) is 2.40. The summed E-state index contributed by atoms with van der Waals surface area (Å²) in [4.78, 5) is 5.48. The molecule has 4 nitrogen and oxygen atoms in total. The van der Waals surface area contributed by atoms with Crippen molar-refractivity contribution in [3.63, 3.8) is 0 Å². The molecule has 0 saturated carbocycles. The fourth-order valence-electron chi connectivity index (χ4n) is 1.40. The van der Waals surface area contributed by atoms with Crippen LogP contribution in [0.25, 0.3) is 0 Å². The van der Waals surface area contributed by atoms with Crippen molar-refractivity contribution in [2.45, 2.75) is 33.4 Å². The third-order valence-corrected chi connectivity index (χ3v) is 3.33.